The molecule has 6 nitrogen and oxygen atoms in total. The molecule has 2 fully saturated rings. The smallest absolute Gasteiger partial charge is 0.315 e. The monoisotopic (exact) mass is 306 g/mol. The van der Waals surface area contributed by atoms with Gasteiger partial charge >= 0.3 is 11.1 Å². The van der Waals surface area contributed by atoms with E-state index in [-0.39, 0.29) is 6.04 Å². The maximum Gasteiger partial charge on any atom is 0.318 e. The largest absolute Gasteiger partial charge is 0.318 e. The van der Waals surface area contributed by atoms with Gasteiger partial charge in [-0.15, -0.1) is 0 Å². The zero-order valence-corrected chi connectivity index (χ0v) is 12.1. The Morgan fingerprint density at radius 3 is 2.67 bits per heavy atom. The van der Waals surface area contributed by atoms with Gasteiger partial charge in [0, 0.05) is 24.3 Å². The molecule has 0 aliphatic carbocycles. The maximum atomic E-state index is 12.3. The van der Waals surface area contributed by atoms with E-state index in [0.29, 0.717) is 28.3 Å². The fourth-order valence-electron chi connectivity index (χ4n) is 3.67. The third kappa shape index (κ3) is 2.10. The van der Waals surface area contributed by atoms with Crippen molar-refractivity contribution in [1.82, 2.24) is 19.9 Å². The van der Waals surface area contributed by atoms with Crippen LogP contribution in [0.15, 0.2) is 21.9 Å². The molecule has 0 spiro atoms. The van der Waals surface area contributed by atoms with Crippen molar-refractivity contribution in [3.63, 3.8) is 0 Å². The number of nitrogens with zero attached hydrogens (tertiary/aromatic N) is 2. The first kappa shape index (κ1) is 13.0. The van der Waals surface area contributed by atoms with Crippen LogP contribution in [0, 0.1) is 0 Å². The molecule has 2 aromatic heterocycles. The number of halogens is 1. The van der Waals surface area contributed by atoms with Crippen molar-refractivity contribution in [3.8, 4) is 0 Å². The van der Waals surface area contributed by atoms with E-state index >= 15 is 0 Å². The summed E-state index contributed by atoms with van der Waals surface area (Å²) in [7, 11) is 0. The van der Waals surface area contributed by atoms with Gasteiger partial charge in [0.2, 0.25) is 0 Å². The number of pyridine rings is 1. The molecule has 2 bridgehead atoms. The normalized spacial score (nSPS) is 28.1. The number of fused-ring (bicyclic) bond motifs is 3. The molecule has 7 heteroatoms. The highest BCUT2D eigenvalue weighted by Crippen LogP contribution is 2.34. The number of piperidine rings is 1. The third-order valence-corrected chi connectivity index (χ3v) is 4.74. The fourth-order valence-corrected chi connectivity index (χ4v) is 3.83. The highest BCUT2D eigenvalue weighted by Gasteiger charge is 2.35. The number of hydrogen-bond donors (Lipinski definition) is 2. The summed E-state index contributed by atoms with van der Waals surface area (Å²) in [6.45, 7) is 0. The molecule has 0 saturated carbocycles. The Morgan fingerprint density at radius 2 is 1.95 bits per heavy atom. The molecule has 2 aromatic rings. The molecule has 2 N–H and O–H groups in total. The fraction of sp³-hybridized carbons (Fsp3) is 0.500. The number of H-pyrrole nitrogens is 1. The van der Waals surface area contributed by atoms with E-state index in [2.05, 4.69) is 15.3 Å². The van der Waals surface area contributed by atoms with Crippen LogP contribution in [0.4, 0.5) is 0 Å². The van der Waals surface area contributed by atoms with Crippen LogP contribution in [0.3, 0.4) is 0 Å². The number of rotatable bonds is 1. The van der Waals surface area contributed by atoms with Crippen LogP contribution >= 0.6 is 11.6 Å². The molecule has 4 rings (SSSR count). The zero-order chi connectivity index (χ0) is 14.6. The molecule has 0 amide bonds. The maximum absolute atomic E-state index is 12.3. The van der Waals surface area contributed by atoms with Crippen LogP contribution in [-0.2, 0) is 0 Å². The molecule has 0 unspecified atom stereocenters. The van der Waals surface area contributed by atoms with Crippen LogP contribution in [0.5, 0.6) is 0 Å². The highest BCUT2D eigenvalue weighted by atomic mass is 35.5. The van der Waals surface area contributed by atoms with Crippen molar-refractivity contribution < 1.29 is 0 Å². The Kier molecular flexibility index (Phi) is 2.90. The quantitative estimate of drug-likeness (QED) is 0.776. The SMILES string of the molecule is O=c1[nH]c2cc(Cl)cnc2n([C@H]2C[C@H]3CC[C@@H](C2)N3)c1=O. The average Bonchev–Trinajstić information content (AvgIpc) is 2.79. The third-order valence-electron chi connectivity index (χ3n) is 4.54. The second-order valence-electron chi connectivity index (χ2n) is 5.92. The van der Waals surface area contributed by atoms with E-state index < -0.39 is 11.1 Å². The van der Waals surface area contributed by atoms with Crippen LogP contribution in [0.1, 0.15) is 31.7 Å². The first-order valence-electron chi connectivity index (χ1n) is 7.18. The van der Waals surface area contributed by atoms with Gasteiger partial charge in [0.05, 0.1) is 10.5 Å². The summed E-state index contributed by atoms with van der Waals surface area (Å²) in [6.07, 6.45) is 5.50. The van der Waals surface area contributed by atoms with Crippen LogP contribution < -0.4 is 16.4 Å². The van der Waals surface area contributed by atoms with Gasteiger partial charge in [-0.1, -0.05) is 11.6 Å². The summed E-state index contributed by atoms with van der Waals surface area (Å²) in [5.74, 6) is 0. The van der Waals surface area contributed by atoms with Crippen molar-refractivity contribution >= 4 is 22.8 Å². The van der Waals surface area contributed by atoms with E-state index in [4.69, 9.17) is 11.6 Å². The Labute approximate surface area is 125 Å². The summed E-state index contributed by atoms with van der Waals surface area (Å²) >= 11 is 5.92. The Morgan fingerprint density at radius 1 is 1.24 bits per heavy atom. The lowest BCUT2D eigenvalue weighted by molar-refractivity contribution is 0.297. The lowest BCUT2D eigenvalue weighted by Crippen LogP contribution is -2.45. The molecule has 0 radical (unpaired) electrons. The summed E-state index contributed by atoms with van der Waals surface area (Å²) in [4.78, 5) is 31.1. The molecule has 21 heavy (non-hydrogen) atoms. The molecule has 4 heterocycles. The molecule has 2 saturated heterocycles. The second kappa shape index (κ2) is 4.68. The molecule has 110 valence electrons. The van der Waals surface area contributed by atoms with Gasteiger partial charge in [0.1, 0.15) is 0 Å². The minimum absolute atomic E-state index is 0.0229. The summed E-state index contributed by atoms with van der Waals surface area (Å²) in [5.41, 5.74) is -0.116. The van der Waals surface area contributed by atoms with Gasteiger partial charge in [0.15, 0.2) is 5.65 Å². The Balaban J connectivity index is 1.93. The second-order valence-corrected chi connectivity index (χ2v) is 6.35. The van der Waals surface area contributed by atoms with Gasteiger partial charge in [-0.05, 0) is 31.7 Å². The van der Waals surface area contributed by atoms with Crippen LogP contribution in [0.25, 0.3) is 11.2 Å². The van der Waals surface area contributed by atoms with Gasteiger partial charge < -0.3 is 10.3 Å². The lowest BCUT2D eigenvalue weighted by Gasteiger charge is -2.30. The van der Waals surface area contributed by atoms with E-state index in [9.17, 15) is 9.59 Å². The average molecular weight is 307 g/mol. The van der Waals surface area contributed by atoms with Crippen LogP contribution in [-0.4, -0.2) is 26.6 Å². The first-order chi connectivity index (χ1) is 10.1. The molecule has 2 aliphatic rings. The zero-order valence-electron chi connectivity index (χ0n) is 11.3. The van der Waals surface area contributed by atoms with E-state index in [1.54, 1.807) is 10.6 Å². The van der Waals surface area contributed by atoms with E-state index in [1.165, 1.54) is 6.20 Å². The van der Waals surface area contributed by atoms with Crippen molar-refractivity contribution in [2.45, 2.75) is 43.8 Å². The highest BCUT2D eigenvalue weighted by molar-refractivity contribution is 6.30. The number of hydrogen-bond acceptors (Lipinski definition) is 4. The lowest BCUT2D eigenvalue weighted by atomic mass is 9.99. The van der Waals surface area contributed by atoms with Gasteiger partial charge in [-0.25, -0.2) is 4.98 Å². The molecule has 2 aliphatic heterocycles. The minimum Gasteiger partial charge on any atom is -0.315 e. The summed E-state index contributed by atoms with van der Waals surface area (Å²) in [6, 6.07) is 2.52. The van der Waals surface area contributed by atoms with Crippen molar-refractivity contribution in [3.05, 3.63) is 38.0 Å². The molecular weight excluding hydrogens is 292 g/mol. The summed E-state index contributed by atoms with van der Waals surface area (Å²) < 4.78 is 1.57. The number of aromatic nitrogens is 3. The minimum atomic E-state index is -0.613. The topological polar surface area (TPSA) is 79.8 Å². The standard InChI is InChI=1S/C14H15ClN4O2/c15-7-3-11-12(16-6-7)19(14(21)13(20)18-11)10-4-8-1-2-9(5-10)17-8/h3,6,8-10,17H,1-2,4-5H2,(H,18,20)/t8-,9+,10+. The van der Waals surface area contributed by atoms with Gasteiger partial charge in [0.25, 0.3) is 0 Å². The van der Waals surface area contributed by atoms with E-state index in [1.807, 2.05) is 0 Å². The molecule has 0 aromatic carbocycles. The first-order valence-corrected chi connectivity index (χ1v) is 7.56. The van der Waals surface area contributed by atoms with Gasteiger partial charge in [-0.3, -0.25) is 14.2 Å². The van der Waals surface area contributed by atoms with Crippen molar-refractivity contribution in [1.29, 1.82) is 0 Å². The van der Waals surface area contributed by atoms with Gasteiger partial charge in [-0.2, -0.15) is 0 Å². The van der Waals surface area contributed by atoms with Crippen molar-refractivity contribution in [2.24, 2.45) is 0 Å². The van der Waals surface area contributed by atoms with E-state index in [0.717, 1.165) is 25.7 Å². The molecule has 3 atom stereocenters. The molecular formula is C14H15ClN4O2. The Bertz CT molecular complexity index is 816. The number of aromatic amines is 1. The number of nitrogens with one attached hydrogen (secondary N) is 2. The predicted octanol–water partition coefficient (Wildman–Crippen LogP) is 1.19. The Hall–Kier alpha value is -1.66. The predicted molar refractivity (Wildman–Crippen MR) is 79.9 cm³/mol. The van der Waals surface area contributed by atoms with Crippen LogP contribution in [0.2, 0.25) is 5.02 Å². The summed E-state index contributed by atoms with van der Waals surface area (Å²) in [5, 5.41) is 3.98. The van der Waals surface area contributed by atoms with Crippen molar-refractivity contribution in [2.75, 3.05) is 0 Å².